The first-order valence-electron chi connectivity index (χ1n) is 7.35. The van der Waals surface area contributed by atoms with Gasteiger partial charge in [-0.2, -0.15) is 0 Å². The minimum absolute atomic E-state index is 0.00513. The van der Waals surface area contributed by atoms with Gasteiger partial charge in [0.15, 0.2) is 5.78 Å². The van der Waals surface area contributed by atoms with Crippen molar-refractivity contribution in [2.45, 2.75) is 19.9 Å². The minimum Gasteiger partial charge on any atom is -0.376 e. The summed E-state index contributed by atoms with van der Waals surface area (Å²) in [7, 11) is 0. The van der Waals surface area contributed by atoms with E-state index in [9.17, 15) is 9.59 Å². The Kier molecular flexibility index (Phi) is 5.77. The van der Waals surface area contributed by atoms with Crippen LogP contribution in [0, 0.1) is 0 Å². The number of carbonyl (C=O) groups excluding carboxylic acids is 2. The third kappa shape index (κ3) is 5.11. The molecule has 0 radical (unpaired) electrons. The van der Waals surface area contributed by atoms with Crippen molar-refractivity contribution in [3.8, 4) is 0 Å². The van der Waals surface area contributed by atoms with Gasteiger partial charge in [-0.15, -0.1) is 0 Å². The summed E-state index contributed by atoms with van der Waals surface area (Å²) in [6, 6.07) is 14.3. The van der Waals surface area contributed by atoms with Gasteiger partial charge in [-0.1, -0.05) is 35.9 Å². The highest BCUT2D eigenvalue weighted by Crippen LogP contribution is 2.16. The van der Waals surface area contributed by atoms with Crippen molar-refractivity contribution < 1.29 is 9.59 Å². The molecular weight excluding hydrogens is 312 g/mol. The first-order chi connectivity index (χ1) is 11.0. The highest BCUT2D eigenvalue weighted by molar-refractivity contribution is 6.30. The van der Waals surface area contributed by atoms with Crippen LogP contribution in [0.25, 0.3) is 0 Å². The van der Waals surface area contributed by atoms with E-state index in [0.29, 0.717) is 10.6 Å². The number of ketones is 1. The summed E-state index contributed by atoms with van der Waals surface area (Å²) in [4.78, 5) is 23.4. The van der Waals surface area contributed by atoms with Crippen molar-refractivity contribution in [2.75, 3.05) is 11.9 Å². The van der Waals surface area contributed by atoms with Crippen molar-refractivity contribution in [3.05, 3.63) is 64.7 Å². The monoisotopic (exact) mass is 330 g/mol. The lowest BCUT2D eigenvalue weighted by molar-refractivity contribution is -0.120. The van der Waals surface area contributed by atoms with Gasteiger partial charge in [0.1, 0.15) is 0 Å². The van der Waals surface area contributed by atoms with Crippen molar-refractivity contribution in [2.24, 2.45) is 0 Å². The Morgan fingerprint density at radius 1 is 1.13 bits per heavy atom. The molecule has 2 rings (SSSR count). The van der Waals surface area contributed by atoms with Gasteiger partial charge in [0.2, 0.25) is 5.91 Å². The van der Waals surface area contributed by atoms with E-state index in [-0.39, 0.29) is 24.3 Å². The number of rotatable bonds is 6. The summed E-state index contributed by atoms with van der Waals surface area (Å²) in [6.07, 6.45) is 0. The SMILES string of the molecule is CC(=O)c1cccc(NCC(=O)NC(C)c2ccc(Cl)cc2)c1. The number of anilines is 1. The number of hydrogen-bond acceptors (Lipinski definition) is 3. The fourth-order valence-electron chi connectivity index (χ4n) is 2.16. The number of carbonyl (C=O) groups is 2. The molecule has 23 heavy (non-hydrogen) atoms. The zero-order valence-corrected chi connectivity index (χ0v) is 13.9. The molecule has 0 aromatic heterocycles. The Balaban J connectivity index is 1.88. The Labute approximate surface area is 140 Å². The minimum atomic E-state index is -0.124. The fourth-order valence-corrected chi connectivity index (χ4v) is 2.28. The zero-order chi connectivity index (χ0) is 16.8. The van der Waals surface area contributed by atoms with Crippen LogP contribution in [0.15, 0.2) is 48.5 Å². The zero-order valence-electron chi connectivity index (χ0n) is 13.1. The molecule has 1 amide bonds. The Bertz CT molecular complexity index is 698. The Morgan fingerprint density at radius 3 is 2.48 bits per heavy atom. The average molecular weight is 331 g/mol. The van der Waals surface area contributed by atoms with Gasteiger partial charge in [-0.3, -0.25) is 9.59 Å². The van der Waals surface area contributed by atoms with Crippen molar-refractivity contribution in [1.82, 2.24) is 5.32 Å². The van der Waals surface area contributed by atoms with Crippen LogP contribution in [0.3, 0.4) is 0 Å². The normalized spacial score (nSPS) is 11.6. The highest BCUT2D eigenvalue weighted by Gasteiger charge is 2.09. The summed E-state index contributed by atoms with van der Waals surface area (Å²) in [5, 5.41) is 6.60. The van der Waals surface area contributed by atoms with Gasteiger partial charge in [-0.25, -0.2) is 0 Å². The van der Waals surface area contributed by atoms with E-state index >= 15 is 0 Å². The molecule has 0 saturated heterocycles. The van der Waals surface area contributed by atoms with Crippen LogP contribution in [0.5, 0.6) is 0 Å². The van der Waals surface area contributed by atoms with E-state index in [0.717, 1.165) is 11.3 Å². The van der Waals surface area contributed by atoms with Crippen molar-refractivity contribution in [1.29, 1.82) is 0 Å². The third-order valence-electron chi connectivity index (χ3n) is 3.47. The molecule has 2 aromatic rings. The molecule has 0 aliphatic carbocycles. The molecule has 2 N–H and O–H groups in total. The lowest BCUT2D eigenvalue weighted by Crippen LogP contribution is -2.32. The lowest BCUT2D eigenvalue weighted by atomic mass is 10.1. The number of benzene rings is 2. The number of halogens is 1. The van der Waals surface area contributed by atoms with Gasteiger partial charge in [0, 0.05) is 16.3 Å². The number of Topliss-reactive ketones (excluding diaryl/α,β-unsaturated/α-hetero) is 1. The average Bonchev–Trinajstić information content (AvgIpc) is 2.53. The standard InChI is InChI=1S/C18H19ClN2O2/c1-12(14-6-8-16(19)9-7-14)21-18(23)11-20-17-5-3-4-15(10-17)13(2)22/h3-10,12,20H,11H2,1-2H3,(H,21,23). The smallest absolute Gasteiger partial charge is 0.239 e. The largest absolute Gasteiger partial charge is 0.376 e. The molecule has 0 fully saturated rings. The van der Waals surface area contributed by atoms with Gasteiger partial charge in [-0.05, 0) is 43.7 Å². The molecule has 1 unspecified atom stereocenters. The van der Waals surface area contributed by atoms with Crippen LogP contribution in [0.4, 0.5) is 5.69 Å². The number of amides is 1. The van der Waals surface area contributed by atoms with E-state index in [4.69, 9.17) is 11.6 Å². The molecule has 1 atom stereocenters. The summed E-state index contributed by atoms with van der Waals surface area (Å²) < 4.78 is 0. The van der Waals surface area contributed by atoms with Crippen LogP contribution < -0.4 is 10.6 Å². The van der Waals surface area contributed by atoms with Crippen LogP contribution in [0.2, 0.25) is 5.02 Å². The van der Waals surface area contributed by atoms with Crippen LogP contribution in [-0.4, -0.2) is 18.2 Å². The molecule has 0 heterocycles. The fraction of sp³-hybridized carbons (Fsp3) is 0.222. The molecule has 120 valence electrons. The quantitative estimate of drug-likeness (QED) is 0.791. The van der Waals surface area contributed by atoms with E-state index in [1.165, 1.54) is 6.92 Å². The molecule has 4 nitrogen and oxygen atoms in total. The maximum absolute atomic E-state index is 12.0. The highest BCUT2D eigenvalue weighted by atomic mass is 35.5. The van der Waals surface area contributed by atoms with E-state index in [1.807, 2.05) is 25.1 Å². The molecule has 0 spiro atoms. The lowest BCUT2D eigenvalue weighted by Gasteiger charge is -2.15. The molecule has 0 aliphatic heterocycles. The predicted octanol–water partition coefficient (Wildman–Crippen LogP) is 3.83. The summed E-state index contributed by atoms with van der Waals surface area (Å²) >= 11 is 5.85. The second kappa shape index (κ2) is 7.79. The predicted molar refractivity (Wildman–Crippen MR) is 92.9 cm³/mol. The first kappa shape index (κ1) is 17.0. The van der Waals surface area contributed by atoms with Crippen LogP contribution in [0.1, 0.15) is 35.8 Å². The second-order valence-electron chi connectivity index (χ2n) is 5.33. The molecule has 0 saturated carbocycles. The van der Waals surface area contributed by atoms with E-state index in [1.54, 1.807) is 30.3 Å². The Morgan fingerprint density at radius 2 is 1.83 bits per heavy atom. The summed E-state index contributed by atoms with van der Waals surface area (Å²) in [5.41, 5.74) is 2.35. The molecule has 5 heteroatoms. The Hall–Kier alpha value is -2.33. The summed E-state index contributed by atoms with van der Waals surface area (Å²) in [5.74, 6) is -0.129. The van der Waals surface area contributed by atoms with Crippen LogP contribution >= 0.6 is 11.6 Å². The topological polar surface area (TPSA) is 58.2 Å². The van der Waals surface area contributed by atoms with Gasteiger partial charge < -0.3 is 10.6 Å². The maximum Gasteiger partial charge on any atom is 0.239 e. The number of nitrogens with one attached hydrogen (secondary N) is 2. The molecular formula is C18H19ClN2O2. The van der Waals surface area contributed by atoms with Crippen molar-refractivity contribution >= 4 is 29.0 Å². The third-order valence-corrected chi connectivity index (χ3v) is 3.72. The maximum atomic E-state index is 12.0. The van der Waals surface area contributed by atoms with Crippen LogP contribution in [-0.2, 0) is 4.79 Å². The van der Waals surface area contributed by atoms with Crippen molar-refractivity contribution in [3.63, 3.8) is 0 Å². The first-order valence-corrected chi connectivity index (χ1v) is 7.73. The molecule has 2 aromatic carbocycles. The molecule has 0 aliphatic rings. The van der Waals surface area contributed by atoms with Gasteiger partial charge in [0.05, 0.1) is 12.6 Å². The van der Waals surface area contributed by atoms with E-state index < -0.39 is 0 Å². The van der Waals surface area contributed by atoms with Gasteiger partial charge >= 0.3 is 0 Å². The van der Waals surface area contributed by atoms with E-state index in [2.05, 4.69) is 10.6 Å². The molecule has 0 bridgehead atoms. The summed E-state index contributed by atoms with van der Waals surface area (Å²) in [6.45, 7) is 3.57. The number of hydrogen-bond donors (Lipinski definition) is 2. The second-order valence-corrected chi connectivity index (χ2v) is 5.77. The van der Waals surface area contributed by atoms with Gasteiger partial charge in [0.25, 0.3) is 0 Å².